The number of nitrogens with two attached hydrogens (primary N) is 1. The van der Waals surface area contributed by atoms with Crippen LogP contribution in [0.25, 0.3) is 0 Å². The molecule has 4 nitrogen and oxygen atoms in total. The summed E-state index contributed by atoms with van der Waals surface area (Å²) in [5.41, 5.74) is 7.76. The standard InChI is InChI=1S/C11H14N2O2/c1-7-2-3-8(12)4-10(7)11(15)13-5-9(14)6-13/h2-4,9,14H,5-6,12H2,1H3. The van der Waals surface area contributed by atoms with Gasteiger partial charge in [0.2, 0.25) is 0 Å². The lowest BCUT2D eigenvalue weighted by Gasteiger charge is -2.36. The van der Waals surface area contributed by atoms with Crippen molar-refractivity contribution in [3.63, 3.8) is 0 Å². The number of anilines is 1. The van der Waals surface area contributed by atoms with Gasteiger partial charge in [-0.25, -0.2) is 0 Å². The molecule has 1 saturated heterocycles. The first-order chi connectivity index (χ1) is 7.08. The smallest absolute Gasteiger partial charge is 0.254 e. The topological polar surface area (TPSA) is 66.6 Å². The van der Waals surface area contributed by atoms with E-state index in [0.717, 1.165) is 5.56 Å². The molecule has 4 heteroatoms. The number of β-amino-alcohol motifs (C(OH)–C–C–N with tert-alkyl or cyclic N) is 1. The molecule has 0 bridgehead atoms. The van der Waals surface area contributed by atoms with Crippen LogP contribution in [0.2, 0.25) is 0 Å². The molecule has 0 atom stereocenters. The number of nitrogen functional groups attached to an aromatic ring is 1. The van der Waals surface area contributed by atoms with E-state index in [1.54, 1.807) is 17.0 Å². The minimum Gasteiger partial charge on any atom is -0.399 e. The Labute approximate surface area is 88.3 Å². The van der Waals surface area contributed by atoms with Gasteiger partial charge in [-0.05, 0) is 24.6 Å². The third kappa shape index (κ3) is 1.80. The SMILES string of the molecule is Cc1ccc(N)cc1C(=O)N1CC(O)C1. The molecule has 1 aromatic rings. The number of hydrogen-bond donors (Lipinski definition) is 2. The van der Waals surface area contributed by atoms with Gasteiger partial charge in [0.15, 0.2) is 0 Å². The Bertz CT molecular complexity index is 398. The highest BCUT2D eigenvalue weighted by molar-refractivity contribution is 5.97. The van der Waals surface area contributed by atoms with E-state index in [2.05, 4.69) is 0 Å². The molecule has 3 N–H and O–H groups in total. The van der Waals surface area contributed by atoms with Gasteiger partial charge >= 0.3 is 0 Å². The van der Waals surface area contributed by atoms with Crippen molar-refractivity contribution < 1.29 is 9.90 Å². The summed E-state index contributed by atoms with van der Waals surface area (Å²) in [7, 11) is 0. The largest absolute Gasteiger partial charge is 0.399 e. The van der Waals surface area contributed by atoms with Crippen molar-refractivity contribution in [2.45, 2.75) is 13.0 Å². The van der Waals surface area contributed by atoms with Crippen LogP contribution in [0.5, 0.6) is 0 Å². The predicted octanol–water partition coefficient (Wildman–Crippen LogP) is 0.394. The van der Waals surface area contributed by atoms with Gasteiger partial charge in [0.05, 0.1) is 6.10 Å². The van der Waals surface area contributed by atoms with Crippen LogP contribution in [-0.2, 0) is 0 Å². The molecule has 0 unspecified atom stereocenters. The summed E-state index contributed by atoms with van der Waals surface area (Å²) in [5.74, 6) is -0.0508. The van der Waals surface area contributed by atoms with Crippen molar-refractivity contribution in [3.8, 4) is 0 Å². The van der Waals surface area contributed by atoms with Crippen molar-refractivity contribution in [2.24, 2.45) is 0 Å². The summed E-state index contributed by atoms with van der Waals surface area (Å²) in [5, 5.41) is 9.12. The second kappa shape index (κ2) is 3.55. The van der Waals surface area contributed by atoms with Gasteiger partial charge in [-0.3, -0.25) is 4.79 Å². The molecule has 2 rings (SSSR count). The molecular formula is C11H14N2O2. The average Bonchev–Trinajstić information content (AvgIpc) is 2.16. The van der Waals surface area contributed by atoms with E-state index in [0.29, 0.717) is 24.3 Å². The number of likely N-dealkylation sites (tertiary alicyclic amines) is 1. The van der Waals surface area contributed by atoms with Crippen LogP contribution in [0.3, 0.4) is 0 Å². The molecule has 15 heavy (non-hydrogen) atoms. The Morgan fingerprint density at radius 1 is 1.53 bits per heavy atom. The minimum absolute atomic E-state index is 0.0508. The van der Waals surface area contributed by atoms with E-state index < -0.39 is 0 Å². The van der Waals surface area contributed by atoms with Crippen LogP contribution in [0.15, 0.2) is 18.2 Å². The van der Waals surface area contributed by atoms with E-state index in [4.69, 9.17) is 10.8 Å². The maximum atomic E-state index is 11.9. The van der Waals surface area contributed by atoms with Crippen LogP contribution in [0.1, 0.15) is 15.9 Å². The van der Waals surface area contributed by atoms with Crippen molar-refractivity contribution in [2.75, 3.05) is 18.8 Å². The highest BCUT2D eigenvalue weighted by Gasteiger charge is 2.30. The highest BCUT2D eigenvalue weighted by atomic mass is 16.3. The summed E-state index contributed by atoms with van der Waals surface area (Å²) in [6, 6.07) is 5.29. The van der Waals surface area contributed by atoms with E-state index in [9.17, 15) is 4.79 Å². The third-order valence-corrected chi connectivity index (χ3v) is 2.64. The summed E-state index contributed by atoms with van der Waals surface area (Å²) < 4.78 is 0. The minimum atomic E-state index is -0.365. The fourth-order valence-corrected chi connectivity index (χ4v) is 1.66. The molecule has 0 spiro atoms. The lowest BCUT2D eigenvalue weighted by molar-refractivity contribution is 0.00585. The summed E-state index contributed by atoms with van der Waals surface area (Å²) in [6.45, 7) is 2.73. The zero-order chi connectivity index (χ0) is 11.0. The van der Waals surface area contributed by atoms with Gasteiger partial charge in [-0.1, -0.05) is 6.07 Å². The van der Waals surface area contributed by atoms with Crippen LogP contribution in [-0.4, -0.2) is 35.1 Å². The number of hydrogen-bond acceptors (Lipinski definition) is 3. The quantitative estimate of drug-likeness (QED) is 0.653. The molecule has 1 aromatic carbocycles. The van der Waals surface area contributed by atoms with Crippen molar-refractivity contribution in [1.29, 1.82) is 0 Å². The van der Waals surface area contributed by atoms with Crippen molar-refractivity contribution in [3.05, 3.63) is 29.3 Å². The molecule has 80 valence electrons. The molecule has 0 aromatic heterocycles. The molecule has 1 aliphatic rings. The zero-order valence-corrected chi connectivity index (χ0v) is 8.60. The molecule has 1 fully saturated rings. The van der Waals surface area contributed by atoms with Crippen LogP contribution < -0.4 is 5.73 Å². The lowest BCUT2D eigenvalue weighted by Crippen LogP contribution is -2.53. The Hall–Kier alpha value is -1.55. The predicted molar refractivity (Wildman–Crippen MR) is 57.5 cm³/mol. The number of nitrogens with zero attached hydrogens (tertiary/aromatic N) is 1. The van der Waals surface area contributed by atoms with Crippen LogP contribution >= 0.6 is 0 Å². The first kappa shape index (κ1) is 9.98. The normalized spacial score (nSPS) is 16.3. The summed E-state index contributed by atoms with van der Waals surface area (Å²) >= 11 is 0. The molecule has 1 amide bonds. The first-order valence-electron chi connectivity index (χ1n) is 4.91. The fourth-order valence-electron chi connectivity index (χ4n) is 1.66. The first-order valence-corrected chi connectivity index (χ1v) is 4.91. The monoisotopic (exact) mass is 206 g/mol. The Morgan fingerprint density at radius 2 is 2.20 bits per heavy atom. The zero-order valence-electron chi connectivity index (χ0n) is 8.60. The molecule has 0 aliphatic carbocycles. The van der Waals surface area contributed by atoms with Crippen molar-refractivity contribution >= 4 is 11.6 Å². The van der Waals surface area contributed by atoms with E-state index in [-0.39, 0.29) is 12.0 Å². The fraction of sp³-hybridized carbons (Fsp3) is 0.364. The molecule has 0 saturated carbocycles. The number of aliphatic hydroxyl groups is 1. The maximum absolute atomic E-state index is 11.9. The summed E-state index contributed by atoms with van der Waals surface area (Å²) in [4.78, 5) is 13.5. The van der Waals surface area contributed by atoms with Crippen molar-refractivity contribution in [1.82, 2.24) is 4.90 Å². The second-order valence-electron chi connectivity index (χ2n) is 3.94. The van der Waals surface area contributed by atoms with Gasteiger partial charge in [-0.2, -0.15) is 0 Å². The number of aliphatic hydroxyl groups excluding tert-OH is 1. The third-order valence-electron chi connectivity index (χ3n) is 2.64. The van der Waals surface area contributed by atoms with Gasteiger partial charge in [0.1, 0.15) is 0 Å². The number of carbonyl (C=O) groups is 1. The van der Waals surface area contributed by atoms with E-state index in [1.165, 1.54) is 0 Å². The molecule has 0 radical (unpaired) electrons. The number of benzene rings is 1. The number of rotatable bonds is 1. The Kier molecular flexibility index (Phi) is 2.36. The maximum Gasteiger partial charge on any atom is 0.254 e. The van der Waals surface area contributed by atoms with Gasteiger partial charge in [0, 0.05) is 24.3 Å². The van der Waals surface area contributed by atoms with E-state index in [1.807, 2.05) is 13.0 Å². The lowest BCUT2D eigenvalue weighted by atomic mass is 10.0. The Balaban J connectivity index is 2.22. The van der Waals surface area contributed by atoms with Crippen LogP contribution in [0.4, 0.5) is 5.69 Å². The molecule has 1 aliphatic heterocycles. The van der Waals surface area contributed by atoms with Crippen LogP contribution in [0, 0.1) is 6.92 Å². The van der Waals surface area contributed by atoms with Gasteiger partial charge in [0.25, 0.3) is 5.91 Å². The highest BCUT2D eigenvalue weighted by Crippen LogP contribution is 2.18. The molecular weight excluding hydrogens is 192 g/mol. The Morgan fingerprint density at radius 3 is 2.80 bits per heavy atom. The second-order valence-corrected chi connectivity index (χ2v) is 3.94. The average molecular weight is 206 g/mol. The van der Waals surface area contributed by atoms with Gasteiger partial charge in [-0.15, -0.1) is 0 Å². The van der Waals surface area contributed by atoms with Gasteiger partial charge < -0.3 is 15.7 Å². The number of carbonyl (C=O) groups excluding carboxylic acids is 1. The number of amides is 1. The molecule has 1 heterocycles. The summed E-state index contributed by atoms with van der Waals surface area (Å²) in [6.07, 6.45) is -0.365. The van der Waals surface area contributed by atoms with E-state index >= 15 is 0 Å². The number of aryl methyl sites for hydroxylation is 1.